The Morgan fingerprint density at radius 2 is 2.11 bits per heavy atom. The van der Waals surface area contributed by atoms with E-state index in [1.807, 2.05) is 43.6 Å². The number of anilines is 1. The minimum absolute atomic E-state index is 0.133. The number of pyridine rings is 1. The van der Waals surface area contributed by atoms with Crippen molar-refractivity contribution in [1.82, 2.24) is 19.7 Å². The van der Waals surface area contributed by atoms with Crippen LogP contribution in [0.25, 0.3) is 0 Å². The first-order valence-electron chi connectivity index (χ1n) is 9.06. The van der Waals surface area contributed by atoms with Gasteiger partial charge < -0.3 is 5.32 Å². The molecule has 3 aromatic rings. The van der Waals surface area contributed by atoms with Crippen LogP contribution in [0.15, 0.2) is 61.2 Å². The Kier molecular flexibility index (Phi) is 5.98. The highest BCUT2D eigenvalue weighted by atomic mass is 16.1. The number of carbonyl (C=O) groups excluding carboxylic acids is 1. The van der Waals surface area contributed by atoms with Crippen LogP contribution in [0.2, 0.25) is 0 Å². The van der Waals surface area contributed by atoms with Crippen LogP contribution < -0.4 is 5.32 Å². The molecule has 0 bridgehead atoms. The monoisotopic (exact) mass is 363 g/mol. The topological polar surface area (TPSA) is 63.1 Å². The van der Waals surface area contributed by atoms with Gasteiger partial charge >= 0.3 is 0 Å². The van der Waals surface area contributed by atoms with Gasteiger partial charge in [0, 0.05) is 43.8 Å². The van der Waals surface area contributed by atoms with Crippen LogP contribution >= 0.6 is 0 Å². The maximum atomic E-state index is 12.5. The van der Waals surface area contributed by atoms with E-state index in [0.29, 0.717) is 11.3 Å². The first kappa shape index (κ1) is 18.8. The van der Waals surface area contributed by atoms with Gasteiger partial charge in [0.15, 0.2) is 0 Å². The van der Waals surface area contributed by atoms with Crippen molar-refractivity contribution in [2.24, 2.45) is 7.05 Å². The summed E-state index contributed by atoms with van der Waals surface area (Å²) in [4.78, 5) is 19.0. The summed E-state index contributed by atoms with van der Waals surface area (Å²) in [6.45, 7) is 2.92. The lowest BCUT2D eigenvalue weighted by atomic mass is 10.0. The second-order valence-corrected chi connectivity index (χ2v) is 6.68. The molecular formula is C21H25N5O. The van der Waals surface area contributed by atoms with Gasteiger partial charge in [0.1, 0.15) is 0 Å². The summed E-state index contributed by atoms with van der Waals surface area (Å²) in [5, 5.41) is 6.94. The SMILES string of the molecule is CC[C@H](c1cccnc1)N(C)Cc1cccc(C(=O)Nc2cnn(C)c2)c1. The quantitative estimate of drug-likeness (QED) is 0.696. The van der Waals surface area contributed by atoms with Gasteiger partial charge in [-0.15, -0.1) is 0 Å². The smallest absolute Gasteiger partial charge is 0.255 e. The number of carbonyl (C=O) groups is 1. The fraction of sp³-hybridized carbons (Fsp3) is 0.286. The van der Waals surface area contributed by atoms with E-state index in [2.05, 4.69) is 40.3 Å². The Morgan fingerprint density at radius 1 is 1.26 bits per heavy atom. The highest BCUT2D eigenvalue weighted by Crippen LogP contribution is 2.24. The number of hydrogen-bond donors (Lipinski definition) is 1. The van der Waals surface area contributed by atoms with E-state index in [9.17, 15) is 4.79 Å². The fourth-order valence-electron chi connectivity index (χ4n) is 3.27. The lowest BCUT2D eigenvalue weighted by Gasteiger charge is -2.27. The lowest BCUT2D eigenvalue weighted by Crippen LogP contribution is -2.24. The zero-order valence-corrected chi connectivity index (χ0v) is 16.0. The van der Waals surface area contributed by atoms with Gasteiger partial charge in [-0.2, -0.15) is 5.10 Å². The van der Waals surface area contributed by atoms with Crippen molar-refractivity contribution in [3.05, 3.63) is 77.9 Å². The van der Waals surface area contributed by atoms with Crippen molar-refractivity contribution in [2.75, 3.05) is 12.4 Å². The third-order valence-corrected chi connectivity index (χ3v) is 4.57. The molecule has 27 heavy (non-hydrogen) atoms. The second-order valence-electron chi connectivity index (χ2n) is 6.68. The van der Waals surface area contributed by atoms with E-state index >= 15 is 0 Å². The van der Waals surface area contributed by atoms with E-state index in [1.165, 1.54) is 5.56 Å². The molecule has 140 valence electrons. The molecule has 6 nitrogen and oxygen atoms in total. The molecule has 2 aromatic heterocycles. The van der Waals surface area contributed by atoms with Crippen LogP contribution in [0.4, 0.5) is 5.69 Å². The van der Waals surface area contributed by atoms with Gasteiger partial charge in [0.2, 0.25) is 0 Å². The number of benzene rings is 1. The van der Waals surface area contributed by atoms with Crippen molar-refractivity contribution in [1.29, 1.82) is 0 Å². The van der Waals surface area contributed by atoms with Crippen LogP contribution in [0.1, 0.15) is 40.9 Å². The predicted molar refractivity (Wildman–Crippen MR) is 106 cm³/mol. The Hall–Kier alpha value is -2.99. The van der Waals surface area contributed by atoms with Gasteiger partial charge in [-0.3, -0.25) is 19.4 Å². The third kappa shape index (κ3) is 4.80. The molecule has 0 unspecified atom stereocenters. The number of hydrogen-bond acceptors (Lipinski definition) is 4. The average molecular weight is 363 g/mol. The molecule has 0 fully saturated rings. The first-order valence-corrected chi connectivity index (χ1v) is 9.06. The molecule has 6 heteroatoms. The minimum atomic E-state index is -0.133. The van der Waals surface area contributed by atoms with Crippen molar-refractivity contribution in [2.45, 2.75) is 25.9 Å². The molecule has 0 saturated carbocycles. The summed E-state index contributed by atoms with van der Waals surface area (Å²) in [6, 6.07) is 12.1. The highest BCUT2D eigenvalue weighted by molar-refractivity contribution is 6.04. The van der Waals surface area contributed by atoms with Crippen LogP contribution in [0.3, 0.4) is 0 Å². The zero-order chi connectivity index (χ0) is 19.2. The summed E-state index contributed by atoms with van der Waals surface area (Å²) >= 11 is 0. The lowest BCUT2D eigenvalue weighted by molar-refractivity contribution is 0.102. The van der Waals surface area contributed by atoms with Crippen LogP contribution in [-0.2, 0) is 13.6 Å². The van der Waals surface area contributed by atoms with E-state index < -0.39 is 0 Å². The summed E-state index contributed by atoms with van der Waals surface area (Å²) in [5.41, 5.74) is 3.62. The Morgan fingerprint density at radius 3 is 2.78 bits per heavy atom. The molecule has 2 heterocycles. The number of rotatable bonds is 7. The van der Waals surface area contributed by atoms with Gasteiger partial charge in [-0.1, -0.05) is 25.1 Å². The molecule has 0 saturated heterocycles. The highest BCUT2D eigenvalue weighted by Gasteiger charge is 2.16. The number of aromatic nitrogens is 3. The number of aryl methyl sites for hydroxylation is 1. The molecule has 1 N–H and O–H groups in total. The number of nitrogens with one attached hydrogen (secondary N) is 1. The van der Waals surface area contributed by atoms with Gasteiger partial charge in [-0.25, -0.2) is 0 Å². The summed E-state index contributed by atoms with van der Waals surface area (Å²) < 4.78 is 1.66. The van der Waals surface area contributed by atoms with Crippen molar-refractivity contribution in [3.63, 3.8) is 0 Å². The van der Waals surface area contributed by atoms with Crippen LogP contribution in [0.5, 0.6) is 0 Å². The van der Waals surface area contributed by atoms with Gasteiger partial charge in [-0.05, 0) is 42.8 Å². The van der Waals surface area contributed by atoms with Gasteiger partial charge in [0.05, 0.1) is 11.9 Å². The minimum Gasteiger partial charge on any atom is -0.319 e. The molecule has 1 amide bonds. The van der Waals surface area contributed by atoms with Gasteiger partial charge in [0.25, 0.3) is 5.91 Å². The van der Waals surface area contributed by atoms with E-state index in [4.69, 9.17) is 0 Å². The van der Waals surface area contributed by atoms with Crippen molar-refractivity contribution < 1.29 is 4.79 Å². The number of amides is 1. The van der Waals surface area contributed by atoms with Crippen LogP contribution in [-0.4, -0.2) is 32.6 Å². The average Bonchev–Trinajstić information content (AvgIpc) is 3.08. The number of nitrogens with zero attached hydrogens (tertiary/aromatic N) is 4. The summed E-state index contributed by atoms with van der Waals surface area (Å²) in [7, 11) is 3.92. The Bertz CT molecular complexity index is 890. The molecule has 1 aromatic carbocycles. The molecule has 3 rings (SSSR count). The third-order valence-electron chi connectivity index (χ3n) is 4.57. The summed E-state index contributed by atoms with van der Waals surface area (Å²) in [5.74, 6) is -0.133. The first-order chi connectivity index (χ1) is 13.1. The normalized spacial score (nSPS) is 12.1. The predicted octanol–water partition coefficient (Wildman–Crippen LogP) is 3.65. The molecule has 0 spiro atoms. The van der Waals surface area contributed by atoms with Crippen LogP contribution in [0, 0.1) is 0 Å². The molecule has 1 atom stereocenters. The molecule has 0 radical (unpaired) electrons. The van der Waals surface area contributed by atoms with Crippen molar-refractivity contribution >= 4 is 11.6 Å². The van der Waals surface area contributed by atoms with Crippen molar-refractivity contribution in [3.8, 4) is 0 Å². The maximum absolute atomic E-state index is 12.5. The Balaban J connectivity index is 1.70. The maximum Gasteiger partial charge on any atom is 0.255 e. The van der Waals surface area contributed by atoms with E-state index in [-0.39, 0.29) is 11.9 Å². The molecule has 0 aliphatic heterocycles. The standard InChI is InChI=1S/C21H25N5O/c1-4-20(18-9-6-10-22-12-18)25(2)14-16-7-5-8-17(11-16)21(27)24-19-13-23-26(3)15-19/h5-13,15,20H,4,14H2,1-3H3,(H,24,27)/t20-/m1/s1. The van der Waals surface area contributed by atoms with E-state index in [1.54, 1.807) is 23.3 Å². The zero-order valence-electron chi connectivity index (χ0n) is 16.0. The molecule has 0 aliphatic carbocycles. The Labute approximate surface area is 159 Å². The molecule has 0 aliphatic rings. The fourth-order valence-corrected chi connectivity index (χ4v) is 3.27. The van der Waals surface area contributed by atoms with E-state index in [0.717, 1.165) is 18.5 Å². The largest absolute Gasteiger partial charge is 0.319 e. The molecular weight excluding hydrogens is 338 g/mol. The second kappa shape index (κ2) is 8.60. The summed E-state index contributed by atoms with van der Waals surface area (Å²) in [6.07, 6.45) is 8.11.